The van der Waals surface area contributed by atoms with Crippen LogP contribution in [0.25, 0.3) is 0 Å². The Morgan fingerprint density at radius 2 is 1.55 bits per heavy atom. The second kappa shape index (κ2) is 12.8. The molecule has 1 heterocycles. The third-order valence-electron chi connectivity index (χ3n) is 7.67. The fourth-order valence-corrected chi connectivity index (χ4v) is 5.19. The maximum Gasteiger partial charge on any atom is 0.308 e. The Kier molecular flexibility index (Phi) is 10.8. The zero-order valence-electron chi connectivity index (χ0n) is 22.8. The van der Waals surface area contributed by atoms with Crippen LogP contribution in [0.15, 0.2) is 6.07 Å². The zero-order valence-corrected chi connectivity index (χ0v) is 22.8. The van der Waals surface area contributed by atoms with Gasteiger partial charge in [0, 0.05) is 6.92 Å². The summed E-state index contributed by atoms with van der Waals surface area (Å²) in [7, 11) is 0. The highest BCUT2D eigenvalue weighted by Crippen LogP contribution is 2.42. The summed E-state index contributed by atoms with van der Waals surface area (Å²) in [6, 6.07) is 2.00. The van der Waals surface area contributed by atoms with Gasteiger partial charge in [-0.25, -0.2) is 0 Å². The van der Waals surface area contributed by atoms with Crippen molar-refractivity contribution in [3.05, 3.63) is 22.8 Å². The molecule has 0 aliphatic carbocycles. The zero-order chi connectivity index (χ0) is 24.6. The fourth-order valence-electron chi connectivity index (χ4n) is 5.19. The van der Waals surface area contributed by atoms with E-state index in [9.17, 15) is 4.79 Å². The Morgan fingerprint density at radius 1 is 0.970 bits per heavy atom. The van der Waals surface area contributed by atoms with Crippen LogP contribution in [0.2, 0.25) is 0 Å². The number of aryl methyl sites for hydroxylation is 1. The summed E-state index contributed by atoms with van der Waals surface area (Å²) in [5.41, 5.74) is 3.17. The van der Waals surface area contributed by atoms with Crippen LogP contribution in [0.4, 0.5) is 0 Å². The monoisotopic (exact) mass is 458 g/mol. The van der Waals surface area contributed by atoms with Crippen LogP contribution in [-0.4, -0.2) is 11.6 Å². The summed E-state index contributed by atoms with van der Waals surface area (Å²) in [6.45, 7) is 17.3. The van der Waals surface area contributed by atoms with E-state index in [0.717, 1.165) is 53.9 Å². The first-order valence-electron chi connectivity index (χ1n) is 13.5. The fraction of sp³-hybridized carbons (Fsp3) is 0.767. The van der Waals surface area contributed by atoms with Gasteiger partial charge < -0.3 is 9.47 Å². The highest BCUT2D eigenvalue weighted by atomic mass is 16.5. The number of hydrogen-bond acceptors (Lipinski definition) is 3. The van der Waals surface area contributed by atoms with Gasteiger partial charge in [0.2, 0.25) is 0 Å². The van der Waals surface area contributed by atoms with Gasteiger partial charge >= 0.3 is 5.97 Å². The van der Waals surface area contributed by atoms with Crippen molar-refractivity contribution in [3.8, 4) is 11.5 Å². The van der Waals surface area contributed by atoms with Crippen LogP contribution in [0.3, 0.4) is 0 Å². The van der Waals surface area contributed by atoms with Gasteiger partial charge in [0.05, 0.1) is 0 Å². The van der Waals surface area contributed by atoms with Crippen LogP contribution >= 0.6 is 0 Å². The van der Waals surface area contributed by atoms with Crippen molar-refractivity contribution >= 4 is 5.97 Å². The maximum atomic E-state index is 11.4. The lowest BCUT2D eigenvalue weighted by atomic mass is 9.85. The molecule has 0 fully saturated rings. The first-order valence-corrected chi connectivity index (χ1v) is 13.5. The summed E-state index contributed by atoms with van der Waals surface area (Å²) < 4.78 is 12.0. The molecule has 2 rings (SSSR count). The highest BCUT2D eigenvalue weighted by Gasteiger charge is 2.33. The van der Waals surface area contributed by atoms with Crippen LogP contribution in [0, 0.1) is 31.6 Å². The van der Waals surface area contributed by atoms with Crippen molar-refractivity contribution in [3.63, 3.8) is 0 Å². The molecule has 3 heteroatoms. The lowest BCUT2D eigenvalue weighted by Gasteiger charge is -2.37. The number of fused-ring (bicyclic) bond motifs is 1. The predicted octanol–water partition coefficient (Wildman–Crippen LogP) is 8.75. The van der Waals surface area contributed by atoms with Gasteiger partial charge in [-0.15, -0.1) is 0 Å². The number of esters is 1. The Labute approximate surface area is 204 Å². The molecular formula is C30H50O3. The SMILES string of the molecule is CC(=O)Oc1cc2c(c(C)c1C)O[C@](C)(CCC[C@@H](C)CCC[C@@H](C)CCCC(C)C)CC2. The minimum atomic E-state index is -0.270. The number of rotatable bonds is 13. The lowest BCUT2D eigenvalue weighted by Crippen LogP contribution is -2.36. The largest absolute Gasteiger partial charge is 0.487 e. The molecule has 0 unspecified atom stereocenters. The van der Waals surface area contributed by atoms with E-state index in [1.165, 1.54) is 63.9 Å². The van der Waals surface area contributed by atoms with Crippen LogP contribution < -0.4 is 9.47 Å². The van der Waals surface area contributed by atoms with Crippen molar-refractivity contribution in [2.45, 2.75) is 132 Å². The first kappa shape index (κ1) is 27.7. The minimum absolute atomic E-state index is 0.0994. The summed E-state index contributed by atoms with van der Waals surface area (Å²) in [6.07, 6.45) is 13.9. The average molecular weight is 459 g/mol. The molecule has 3 atom stereocenters. The standard InChI is InChI=1S/C30H50O3/c1-21(2)12-9-13-22(3)14-10-15-23(4)16-11-18-30(8)19-17-27-20-28(32-26(7)31)24(5)25(6)29(27)33-30/h20-23H,9-19H2,1-8H3/t22-,23-,30+/m0/s1. The Balaban J connectivity index is 1.77. The van der Waals surface area contributed by atoms with Crippen LogP contribution in [0.5, 0.6) is 11.5 Å². The third kappa shape index (κ3) is 8.98. The molecule has 188 valence electrons. The molecule has 1 aliphatic heterocycles. The summed E-state index contributed by atoms with van der Waals surface area (Å²) in [5.74, 6) is 3.92. The molecule has 0 saturated heterocycles. The molecule has 1 aromatic rings. The molecule has 0 saturated carbocycles. The van der Waals surface area contributed by atoms with Crippen molar-refractivity contribution < 1.29 is 14.3 Å². The van der Waals surface area contributed by atoms with Gasteiger partial charge in [0.15, 0.2) is 0 Å². The van der Waals surface area contributed by atoms with Crippen molar-refractivity contribution in [2.75, 3.05) is 0 Å². The van der Waals surface area contributed by atoms with E-state index in [1.807, 2.05) is 13.0 Å². The van der Waals surface area contributed by atoms with Gasteiger partial charge in [0.1, 0.15) is 17.1 Å². The lowest BCUT2D eigenvalue weighted by molar-refractivity contribution is -0.131. The number of hydrogen-bond donors (Lipinski definition) is 0. The summed E-state index contributed by atoms with van der Waals surface area (Å²) in [5, 5.41) is 0. The number of carbonyl (C=O) groups is 1. The normalized spacial score (nSPS) is 19.7. The molecular weight excluding hydrogens is 408 g/mol. The second-order valence-corrected chi connectivity index (χ2v) is 11.6. The summed E-state index contributed by atoms with van der Waals surface area (Å²) >= 11 is 0. The van der Waals surface area contributed by atoms with E-state index in [-0.39, 0.29) is 11.6 Å². The predicted molar refractivity (Wildman–Crippen MR) is 139 cm³/mol. The van der Waals surface area contributed by atoms with Crippen LogP contribution in [-0.2, 0) is 11.2 Å². The first-order chi connectivity index (χ1) is 15.5. The number of carbonyl (C=O) groups excluding carboxylic acids is 1. The van der Waals surface area contributed by atoms with Crippen molar-refractivity contribution in [1.29, 1.82) is 0 Å². The molecule has 0 aromatic heterocycles. The smallest absolute Gasteiger partial charge is 0.308 e. The topological polar surface area (TPSA) is 35.5 Å². The van der Waals surface area contributed by atoms with Gasteiger partial charge in [-0.05, 0) is 87.0 Å². The van der Waals surface area contributed by atoms with Crippen molar-refractivity contribution in [2.24, 2.45) is 17.8 Å². The molecule has 0 amide bonds. The van der Waals surface area contributed by atoms with Gasteiger partial charge in [0.25, 0.3) is 0 Å². The van der Waals surface area contributed by atoms with Crippen LogP contribution in [0.1, 0.15) is 122 Å². The number of benzene rings is 1. The Hall–Kier alpha value is -1.51. The van der Waals surface area contributed by atoms with E-state index < -0.39 is 0 Å². The van der Waals surface area contributed by atoms with E-state index in [1.54, 1.807) is 0 Å². The van der Waals surface area contributed by atoms with E-state index >= 15 is 0 Å². The third-order valence-corrected chi connectivity index (χ3v) is 7.67. The van der Waals surface area contributed by atoms with Gasteiger partial charge in [-0.3, -0.25) is 4.79 Å². The van der Waals surface area contributed by atoms with Gasteiger partial charge in [-0.2, -0.15) is 0 Å². The molecule has 0 N–H and O–H groups in total. The van der Waals surface area contributed by atoms with Gasteiger partial charge in [-0.1, -0.05) is 72.6 Å². The molecule has 0 bridgehead atoms. The quantitative estimate of drug-likeness (QED) is 0.219. The van der Waals surface area contributed by atoms with Crippen molar-refractivity contribution in [1.82, 2.24) is 0 Å². The maximum absolute atomic E-state index is 11.4. The summed E-state index contributed by atoms with van der Waals surface area (Å²) in [4.78, 5) is 11.4. The van der Waals surface area contributed by atoms with E-state index in [4.69, 9.17) is 9.47 Å². The number of ether oxygens (including phenoxy) is 2. The average Bonchev–Trinajstić information content (AvgIpc) is 2.72. The van der Waals surface area contributed by atoms with E-state index in [0.29, 0.717) is 5.75 Å². The molecule has 0 spiro atoms. The second-order valence-electron chi connectivity index (χ2n) is 11.6. The highest BCUT2D eigenvalue weighted by molar-refractivity contribution is 5.70. The Bertz CT molecular complexity index is 766. The molecule has 1 aromatic carbocycles. The molecule has 3 nitrogen and oxygen atoms in total. The molecule has 33 heavy (non-hydrogen) atoms. The Morgan fingerprint density at radius 3 is 2.12 bits per heavy atom. The molecule has 0 radical (unpaired) electrons. The van der Waals surface area contributed by atoms with E-state index in [2.05, 4.69) is 41.5 Å². The minimum Gasteiger partial charge on any atom is -0.487 e. The molecule has 1 aliphatic rings.